The number of nitrogens with zero attached hydrogens (tertiary/aromatic N) is 5. The molecule has 2 aliphatic carbocycles. The smallest absolute Gasteiger partial charge is 0.115 e. The molecule has 4 aliphatic rings. The monoisotopic (exact) mass is 394 g/mol. The highest BCUT2D eigenvalue weighted by Gasteiger charge is 2.89. The lowest BCUT2D eigenvalue weighted by molar-refractivity contribution is 0.256. The molecule has 1 aromatic rings. The maximum atomic E-state index is 14.3. The molecule has 1 N–H and O–H groups in total. The summed E-state index contributed by atoms with van der Waals surface area (Å²) < 4.78 is 16.4. The van der Waals surface area contributed by atoms with Crippen LogP contribution in [-0.4, -0.2) is 46.4 Å². The van der Waals surface area contributed by atoms with Gasteiger partial charge in [0.05, 0.1) is 22.9 Å². The molecule has 4 unspecified atom stereocenters. The predicted molar refractivity (Wildman–Crippen MR) is 113 cm³/mol. The van der Waals surface area contributed by atoms with Crippen molar-refractivity contribution in [1.82, 2.24) is 14.9 Å². The summed E-state index contributed by atoms with van der Waals surface area (Å²) in [5, 5.41) is 2.85. The lowest BCUT2D eigenvalue weighted by Crippen LogP contribution is -2.44. The number of halogens is 1. The van der Waals surface area contributed by atoms with E-state index >= 15 is 0 Å². The minimum atomic E-state index is -0.211. The first-order valence-electron chi connectivity index (χ1n) is 10.4. The number of allylic oxidation sites excluding steroid dienone is 3. The average molecular weight is 394 g/mol. The quantitative estimate of drug-likeness (QED) is 0.688. The number of imidazole rings is 1. The number of rotatable bonds is 8. The van der Waals surface area contributed by atoms with Crippen LogP contribution in [0.4, 0.5) is 4.39 Å². The van der Waals surface area contributed by atoms with Gasteiger partial charge in [0.1, 0.15) is 18.0 Å². The van der Waals surface area contributed by atoms with Gasteiger partial charge in [-0.2, -0.15) is 0 Å². The maximum absolute atomic E-state index is 14.3. The van der Waals surface area contributed by atoms with Gasteiger partial charge < -0.3 is 9.88 Å². The van der Waals surface area contributed by atoms with Crippen LogP contribution in [-0.2, 0) is 13.0 Å². The zero-order valence-corrected chi connectivity index (χ0v) is 17.0. The molecule has 0 saturated heterocycles. The molecule has 0 radical (unpaired) electrons. The Labute approximate surface area is 170 Å². The Kier molecular flexibility index (Phi) is 3.95. The van der Waals surface area contributed by atoms with Crippen LogP contribution in [0.2, 0.25) is 0 Å². The summed E-state index contributed by atoms with van der Waals surface area (Å²) in [6, 6.07) is 0. The highest BCUT2D eigenvalue weighted by molar-refractivity contribution is 6.03. The van der Waals surface area contributed by atoms with Crippen LogP contribution in [0.1, 0.15) is 38.4 Å². The van der Waals surface area contributed by atoms with Crippen molar-refractivity contribution >= 4 is 18.8 Å². The Morgan fingerprint density at radius 3 is 3.03 bits per heavy atom. The molecule has 7 heteroatoms. The molecule has 29 heavy (non-hydrogen) atoms. The van der Waals surface area contributed by atoms with Crippen LogP contribution in [0, 0.1) is 10.8 Å². The molecule has 6 nitrogen and oxygen atoms in total. The molecule has 2 fully saturated rings. The summed E-state index contributed by atoms with van der Waals surface area (Å²) in [6.07, 6.45) is 18.8. The number of hydrogen-bond acceptors (Lipinski definition) is 5. The second-order valence-electron chi connectivity index (χ2n) is 8.81. The van der Waals surface area contributed by atoms with Crippen molar-refractivity contribution in [3.63, 3.8) is 0 Å². The minimum absolute atomic E-state index is 0.0674. The topological polar surface area (TPSA) is 66.9 Å². The van der Waals surface area contributed by atoms with E-state index in [1.807, 2.05) is 12.4 Å². The summed E-state index contributed by atoms with van der Waals surface area (Å²) >= 11 is 0. The second kappa shape index (κ2) is 6.21. The SMILES string of the molecule is CCCC12CC1(Cn1ccnc1C/C(F)=C\C=C/NC)N=CC13C=NC=NC12C3. The van der Waals surface area contributed by atoms with E-state index in [0.717, 1.165) is 38.1 Å². The van der Waals surface area contributed by atoms with Gasteiger partial charge in [-0.25, -0.2) is 14.4 Å². The fourth-order valence-electron chi connectivity index (χ4n) is 5.91. The van der Waals surface area contributed by atoms with Crippen molar-refractivity contribution in [3.8, 4) is 0 Å². The van der Waals surface area contributed by atoms with Gasteiger partial charge in [0, 0.05) is 43.8 Å². The van der Waals surface area contributed by atoms with Crippen molar-refractivity contribution in [3.05, 3.63) is 42.4 Å². The van der Waals surface area contributed by atoms with Gasteiger partial charge in [-0.05, 0) is 37.6 Å². The van der Waals surface area contributed by atoms with Crippen molar-refractivity contribution < 1.29 is 4.39 Å². The Hall–Kier alpha value is -2.57. The van der Waals surface area contributed by atoms with E-state index in [1.165, 1.54) is 6.08 Å². The molecule has 0 amide bonds. The van der Waals surface area contributed by atoms with Crippen LogP contribution < -0.4 is 5.32 Å². The summed E-state index contributed by atoms with van der Waals surface area (Å²) in [6.45, 7) is 2.96. The first-order chi connectivity index (χ1) is 14.1. The highest BCUT2D eigenvalue weighted by Crippen LogP contribution is 2.83. The summed E-state index contributed by atoms with van der Waals surface area (Å²) in [5.41, 5.74) is -0.266. The second-order valence-corrected chi connectivity index (χ2v) is 8.81. The third-order valence-corrected chi connectivity index (χ3v) is 7.31. The summed E-state index contributed by atoms with van der Waals surface area (Å²) in [7, 11) is 1.79. The van der Waals surface area contributed by atoms with Crippen molar-refractivity contribution in [2.45, 2.75) is 56.7 Å². The average Bonchev–Trinajstić information content (AvgIpc) is 3.52. The van der Waals surface area contributed by atoms with Gasteiger partial charge in [0.25, 0.3) is 0 Å². The zero-order valence-electron chi connectivity index (χ0n) is 17.0. The predicted octanol–water partition coefficient (Wildman–Crippen LogP) is 3.27. The molecule has 1 aromatic heterocycles. The highest BCUT2D eigenvalue weighted by atomic mass is 19.1. The number of aliphatic imine (C=N–C) groups is 3. The van der Waals surface area contributed by atoms with E-state index in [1.54, 1.807) is 31.9 Å². The third kappa shape index (κ3) is 2.39. The van der Waals surface area contributed by atoms with Crippen LogP contribution in [0.15, 0.2) is 51.5 Å². The van der Waals surface area contributed by atoms with Gasteiger partial charge >= 0.3 is 0 Å². The summed E-state index contributed by atoms with van der Waals surface area (Å²) in [4.78, 5) is 18.8. The summed E-state index contributed by atoms with van der Waals surface area (Å²) in [5.74, 6) is 0.523. The van der Waals surface area contributed by atoms with Gasteiger partial charge in [-0.1, -0.05) is 13.3 Å². The molecule has 3 heterocycles. The van der Waals surface area contributed by atoms with Crippen LogP contribution in [0.5, 0.6) is 0 Å². The third-order valence-electron chi connectivity index (χ3n) is 7.31. The van der Waals surface area contributed by atoms with E-state index in [-0.39, 0.29) is 34.2 Å². The molecule has 0 aromatic carbocycles. The zero-order chi connectivity index (χ0) is 20.2. The first-order valence-corrected chi connectivity index (χ1v) is 10.4. The molecular weight excluding hydrogens is 367 g/mol. The lowest BCUT2D eigenvalue weighted by Gasteiger charge is -2.36. The van der Waals surface area contributed by atoms with E-state index in [4.69, 9.17) is 9.98 Å². The molecule has 152 valence electrons. The number of hydrogen-bond donors (Lipinski definition) is 1. The standard InChI is InChI=1S/C22H27FN6/c1-3-6-20-12-21(20,27-14-19-11-22(19,20)28-16-25-13-19)15-29-9-8-26-18(29)10-17(23)5-4-7-24-2/h4-5,7-9,13-14,16,24H,3,6,10-12,15H2,1-2H3/b7-4-,17-5+. The van der Waals surface area contributed by atoms with Crippen molar-refractivity contribution in [1.29, 1.82) is 0 Å². The first kappa shape index (κ1) is 18.5. The minimum Gasteiger partial charge on any atom is -0.394 e. The largest absolute Gasteiger partial charge is 0.394 e. The van der Waals surface area contributed by atoms with Gasteiger partial charge in [0.2, 0.25) is 0 Å². The van der Waals surface area contributed by atoms with Crippen molar-refractivity contribution in [2.24, 2.45) is 25.8 Å². The van der Waals surface area contributed by atoms with Gasteiger partial charge in [-0.3, -0.25) is 9.98 Å². The number of fused-ring (bicyclic) bond motifs is 1. The van der Waals surface area contributed by atoms with E-state index < -0.39 is 0 Å². The maximum Gasteiger partial charge on any atom is 0.115 e. The molecule has 0 spiro atoms. The van der Waals surface area contributed by atoms with Crippen molar-refractivity contribution in [2.75, 3.05) is 7.05 Å². The molecule has 2 saturated carbocycles. The Bertz CT molecular complexity index is 974. The van der Waals surface area contributed by atoms with Gasteiger partial charge in [-0.15, -0.1) is 0 Å². The fourth-order valence-corrected chi connectivity index (χ4v) is 5.91. The molecular formula is C22H27FN6. The Balaban J connectivity index is 1.42. The lowest BCUT2D eigenvalue weighted by atomic mass is 9.77. The van der Waals surface area contributed by atoms with Crippen LogP contribution in [0.3, 0.4) is 0 Å². The number of nitrogens with one attached hydrogen (secondary N) is 1. The van der Waals surface area contributed by atoms with E-state index in [2.05, 4.69) is 33.0 Å². The molecule has 4 atom stereocenters. The normalized spacial score (nSPS) is 38.7. The Morgan fingerprint density at radius 2 is 2.21 bits per heavy atom. The van der Waals surface area contributed by atoms with E-state index in [0.29, 0.717) is 0 Å². The molecule has 2 aliphatic heterocycles. The fraction of sp³-hybridized carbons (Fsp3) is 0.545. The van der Waals surface area contributed by atoms with Crippen LogP contribution in [0.25, 0.3) is 0 Å². The molecule has 5 rings (SSSR count). The molecule has 0 bridgehead atoms. The van der Waals surface area contributed by atoms with Gasteiger partial charge in [0.15, 0.2) is 0 Å². The Morgan fingerprint density at radius 1 is 1.31 bits per heavy atom. The number of aromatic nitrogens is 2. The van der Waals surface area contributed by atoms with Crippen LogP contribution >= 0.6 is 0 Å². The van der Waals surface area contributed by atoms with E-state index in [9.17, 15) is 4.39 Å².